The van der Waals surface area contributed by atoms with E-state index in [4.69, 9.17) is 20.9 Å². The topological polar surface area (TPSA) is 103 Å². The van der Waals surface area contributed by atoms with Gasteiger partial charge in [-0.2, -0.15) is 5.10 Å². The van der Waals surface area contributed by atoms with Crippen molar-refractivity contribution in [1.82, 2.24) is 19.7 Å². The first-order chi connectivity index (χ1) is 13.8. The van der Waals surface area contributed by atoms with Crippen LogP contribution in [-0.2, 0) is 13.0 Å². The van der Waals surface area contributed by atoms with Crippen LogP contribution in [0.2, 0.25) is 0 Å². The van der Waals surface area contributed by atoms with E-state index in [1.54, 1.807) is 17.7 Å². The van der Waals surface area contributed by atoms with E-state index in [9.17, 15) is 0 Å². The molecule has 1 aromatic carbocycles. The Morgan fingerprint density at radius 1 is 1.39 bits per heavy atom. The average molecular weight is 392 g/mol. The number of nitrogens with zero attached hydrogens (tertiary/aromatic N) is 4. The summed E-state index contributed by atoms with van der Waals surface area (Å²) in [6.45, 7) is 1.51. The van der Waals surface area contributed by atoms with Crippen molar-refractivity contribution in [2.24, 2.45) is 11.7 Å². The Bertz CT molecular complexity index is 1080. The molecule has 8 heteroatoms. The molecule has 3 aromatic rings. The van der Waals surface area contributed by atoms with Gasteiger partial charge in [-0.1, -0.05) is 6.07 Å². The quantitative estimate of drug-likeness (QED) is 0.648. The zero-order valence-corrected chi connectivity index (χ0v) is 16.1. The molecule has 142 valence electrons. The van der Waals surface area contributed by atoms with Crippen molar-refractivity contribution in [2.45, 2.75) is 25.8 Å². The predicted molar refractivity (Wildman–Crippen MR) is 109 cm³/mol. The fraction of sp³-hybridized carbons (Fsp3) is 0.300. The average Bonchev–Trinajstić information content (AvgIpc) is 3.29. The van der Waals surface area contributed by atoms with Gasteiger partial charge in [-0.15, -0.1) is 11.3 Å². The molecule has 0 unspecified atom stereocenters. The lowest BCUT2D eigenvalue weighted by Gasteiger charge is -2.10. The molecule has 0 saturated heterocycles. The zero-order chi connectivity index (χ0) is 19.1. The van der Waals surface area contributed by atoms with Crippen molar-refractivity contribution in [2.75, 3.05) is 6.61 Å². The summed E-state index contributed by atoms with van der Waals surface area (Å²) in [6.07, 6.45) is 7.65. The monoisotopic (exact) mass is 392 g/mol. The standard InChI is InChI=1S/C20H20N6OS/c21-8-14(9-22)13-3-4-15-16(7-13)27-6-5-17-18(15)25-20(28-17)19-23-11-24-26(19)10-12-1-2-12/h3-4,7-9,11-12,21H,1-2,5-6,10,22H2/b14-9+,21-8?. The summed E-state index contributed by atoms with van der Waals surface area (Å²) in [5, 5.41) is 12.8. The van der Waals surface area contributed by atoms with Crippen LogP contribution in [0.3, 0.4) is 0 Å². The number of nitrogens with one attached hydrogen (secondary N) is 1. The van der Waals surface area contributed by atoms with Gasteiger partial charge in [-0.05, 0) is 36.5 Å². The van der Waals surface area contributed by atoms with Crippen molar-refractivity contribution in [3.63, 3.8) is 0 Å². The normalized spacial score (nSPS) is 16.1. The van der Waals surface area contributed by atoms with Gasteiger partial charge in [-0.3, -0.25) is 0 Å². The number of allylic oxidation sites excluding steroid dienone is 1. The molecular weight excluding hydrogens is 372 g/mol. The van der Waals surface area contributed by atoms with E-state index in [0.717, 1.165) is 52.3 Å². The molecule has 0 atom stereocenters. The van der Waals surface area contributed by atoms with Crippen LogP contribution in [-0.4, -0.2) is 32.6 Å². The molecule has 0 amide bonds. The van der Waals surface area contributed by atoms with E-state index in [2.05, 4.69) is 10.1 Å². The Hall–Kier alpha value is -3.00. The Labute approximate surface area is 166 Å². The molecule has 2 aromatic heterocycles. The first kappa shape index (κ1) is 17.1. The van der Waals surface area contributed by atoms with Crippen LogP contribution in [0, 0.1) is 11.3 Å². The van der Waals surface area contributed by atoms with Gasteiger partial charge in [0.05, 0.1) is 12.3 Å². The summed E-state index contributed by atoms with van der Waals surface area (Å²) >= 11 is 1.67. The van der Waals surface area contributed by atoms with Crippen molar-refractivity contribution < 1.29 is 4.74 Å². The number of hydrogen-bond acceptors (Lipinski definition) is 7. The minimum atomic E-state index is 0.589. The fourth-order valence-corrected chi connectivity index (χ4v) is 4.49. The number of benzene rings is 1. The first-order valence-electron chi connectivity index (χ1n) is 9.34. The number of rotatable bonds is 5. The lowest BCUT2D eigenvalue weighted by molar-refractivity contribution is 0.327. The number of fused-ring (bicyclic) bond motifs is 3. The number of ether oxygens (including phenoxy) is 1. The third-order valence-corrected chi connectivity index (χ3v) is 6.24. The molecule has 3 heterocycles. The molecule has 5 rings (SSSR count). The molecule has 0 spiro atoms. The van der Waals surface area contributed by atoms with Crippen LogP contribution in [0.15, 0.2) is 30.7 Å². The van der Waals surface area contributed by atoms with Crippen molar-refractivity contribution >= 4 is 23.1 Å². The molecular formula is C20H20N6OS. The highest BCUT2D eigenvalue weighted by molar-refractivity contribution is 7.15. The molecule has 0 radical (unpaired) electrons. The van der Waals surface area contributed by atoms with E-state index in [-0.39, 0.29) is 0 Å². The Kier molecular flexibility index (Phi) is 4.20. The summed E-state index contributed by atoms with van der Waals surface area (Å²) in [5.41, 5.74) is 9.06. The number of aromatic nitrogens is 4. The summed E-state index contributed by atoms with van der Waals surface area (Å²) in [6, 6.07) is 5.89. The second kappa shape index (κ2) is 6.87. The SMILES string of the molecule is N=C/C(=C\N)c1ccc2c(c1)OCCc1sc(-c3ncnn3CC3CC3)nc1-2. The predicted octanol–water partition coefficient (Wildman–Crippen LogP) is 3.36. The molecule has 1 aliphatic carbocycles. The van der Waals surface area contributed by atoms with Crippen LogP contribution >= 0.6 is 11.3 Å². The van der Waals surface area contributed by atoms with Crippen molar-refractivity contribution in [1.29, 1.82) is 5.41 Å². The third kappa shape index (κ3) is 2.99. The summed E-state index contributed by atoms with van der Waals surface area (Å²) in [5.74, 6) is 2.35. The van der Waals surface area contributed by atoms with Crippen LogP contribution < -0.4 is 10.5 Å². The lowest BCUT2D eigenvalue weighted by atomic mass is 10.0. The third-order valence-electron chi connectivity index (χ3n) is 5.12. The van der Waals surface area contributed by atoms with Gasteiger partial charge in [0.25, 0.3) is 0 Å². The van der Waals surface area contributed by atoms with Crippen LogP contribution in [0.25, 0.3) is 27.7 Å². The van der Waals surface area contributed by atoms with E-state index in [1.807, 2.05) is 22.9 Å². The molecule has 1 fully saturated rings. The van der Waals surface area contributed by atoms with E-state index >= 15 is 0 Å². The largest absolute Gasteiger partial charge is 0.492 e. The molecule has 28 heavy (non-hydrogen) atoms. The second-order valence-corrected chi connectivity index (χ2v) is 8.16. The molecule has 2 aliphatic rings. The highest BCUT2D eigenvalue weighted by atomic mass is 32.1. The maximum Gasteiger partial charge on any atom is 0.187 e. The Morgan fingerprint density at radius 2 is 2.29 bits per heavy atom. The van der Waals surface area contributed by atoms with Crippen molar-refractivity contribution in [3.05, 3.63) is 41.2 Å². The van der Waals surface area contributed by atoms with E-state index < -0.39 is 0 Å². The van der Waals surface area contributed by atoms with E-state index in [0.29, 0.717) is 12.2 Å². The zero-order valence-electron chi connectivity index (χ0n) is 15.3. The fourth-order valence-electron chi connectivity index (χ4n) is 3.43. The highest BCUT2D eigenvalue weighted by Crippen LogP contribution is 2.41. The smallest absolute Gasteiger partial charge is 0.187 e. The molecule has 7 nitrogen and oxygen atoms in total. The molecule has 1 aliphatic heterocycles. The minimum absolute atomic E-state index is 0.589. The maximum absolute atomic E-state index is 7.51. The second-order valence-electron chi connectivity index (χ2n) is 7.08. The van der Waals surface area contributed by atoms with Gasteiger partial charge >= 0.3 is 0 Å². The Balaban J connectivity index is 1.55. The van der Waals surface area contributed by atoms with Gasteiger partial charge in [-0.25, -0.2) is 14.6 Å². The molecule has 1 saturated carbocycles. The summed E-state index contributed by atoms with van der Waals surface area (Å²) in [4.78, 5) is 10.6. The highest BCUT2D eigenvalue weighted by Gasteiger charge is 2.26. The first-order valence-corrected chi connectivity index (χ1v) is 10.2. The van der Waals surface area contributed by atoms with Gasteiger partial charge in [0, 0.05) is 41.4 Å². The van der Waals surface area contributed by atoms with Gasteiger partial charge in [0.2, 0.25) is 0 Å². The van der Waals surface area contributed by atoms with Crippen LogP contribution in [0.5, 0.6) is 5.75 Å². The number of hydrogen-bond donors (Lipinski definition) is 2. The molecule has 0 bridgehead atoms. The van der Waals surface area contributed by atoms with E-state index in [1.165, 1.54) is 30.1 Å². The Morgan fingerprint density at radius 3 is 3.07 bits per heavy atom. The number of thiazole rings is 1. The number of nitrogens with two attached hydrogens (primary N) is 1. The van der Waals surface area contributed by atoms with Crippen LogP contribution in [0.4, 0.5) is 0 Å². The van der Waals surface area contributed by atoms with Crippen molar-refractivity contribution in [3.8, 4) is 27.8 Å². The minimum Gasteiger partial charge on any atom is -0.492 e. The summed E-state index contributed by atoms with van der Waals surface area (Å²) in [7, 11) is 0. The summed E-state index contributed by atoms with van der Waals surface area (Å²) < 4.78 is 7.96. The lowest BCUT2D eigenvalue weighted by Crippen LogP contribution is -2.04. The van der Waals surface area contributed by atoms with Gasteiger partial charge < -0.3 is 15.9 Å². The van der Waals surface area contributed by atoms with Gasteiger partial charge in [0.15, 0.2) is 10.8 Å². The van der Waals surface area contributed by atoms with Crippen LogP contribution in [0.1, 0.15) is 23.3 Å². The van der Waals surface area contributed by atoms with Gasteiger partial charge in [0.1, 0.15) is 12.1 Å². The maximum atomic E-state index is 7.51. The molecule has 3 N–H and O–H groups in total.